The smallest absolute Gasteiger partial charge is 0.232 e. The molecule has 1 aliphatic heterocycles. The van der Waals surface area contributed by atoms with Crippen LogP contribution in [0.15, 0.2) is 48.5 Å². The first-order valence-electron chi connectivity index (χ1n) is 8.89. The second kappa shape index (κ2) is 7.16. The summed E-state index contributed by atoms with van der Waals surface area (Å²) in [5.74, 6) is 0.305. The van der Waals surface area contributed by atoms with E-state index in [1.165, 1.54) is 15.4 Å². The van der Waals surface area contributed by atoms with Gasteiger partial charge in [-0.15, -0.1) is 10.2 Å². The van der Waals surface area contributed by atoms with Crippen LogP contribution in [0.25, 0.3) is 11.4 Å². The number of sulfonamides is 1. The van der Waals surface area contributed by atoms with Crippen LogP contribution in [0, 0.1) is 0 Å². The second-order valence-corrected chi connectivity index (χ2v) is 8.62. The minimum atomic E-state index is -3.33. The van der Waals surface area contributed by atoms with Crippen LogP contribution in [-0.2, 0) is 23.0 Å². The molecule has 1 aliphatic rings. The van der Waals surface area contributed by atoms with Gasteiger partial charge >= 0.3 is 0 Å². The zero-order chi connectivity index (χ0) is 19.7. The molecule has 3 aromatic rings. The minimum absolute atomic E-state index is 0.0333. The van der Waals surface area contributed by atoms with Gasteiger partial charge in [0.2, 0.25) is 15.8 Å². The number of tetrazole rings is 1. The van der Waals surface area contributed by atoms with Crippen molar-refractivity contribution in [2.75, 3.05) is 17.1 Å². The summed E-state index contributed by atoms with van der Waals surface area (Å²) in [6, 6.07) is 14.5. The van der Waals surface area contributed by atoms with Crippen molar-refractivity contribution in [1.82, 2.24) is 20.2 Å². The molecule has 9 heteroatoms. The number of ketones is 1. The van der Waals surface area contributed by atoms with E-state index in [9.17, 15) is 13.2 Å². The van der Waals surface area contributed by atoms with E-state index in [2.05, 4.69) is 15.4 Å². The highest BCUT2D eigenvalue weighted by atomic mass is 32.2. The molecular weight excluding hydrogens is 378 g/mol. The van der Waals surface area contributed by atoms with Crippen molar-refractivity contribution in [1.29, 1.82) is 0 Å². The van der Waals surface area contributed by atoms with Crippen LogP contribution in [0.4, 0.5) is 5.69 Å². The quantitative estimate of drug-likeness (QED) is 0.610. The zero-order valence-electron chi connectivity index (χ0n) is 15.3. The summed E-state index contributed by atoms with van der Waals surface area (Å²) in [5, 5.41) is 12.2. The van der Waals surface area contributed by atoms with Gasteiger partial charge in [0.25, 0.3) is 0 Å². The summed E-state index contributed by atoms with van der Waals surface area (Å²) in [6.45, 7) is 0.429. The number of anilines is 1. The fraction of sp³-hybridized carbons (Fsp3) is 0.263. The number of aryl methyl sites for hydroxylation is 1. The fourth-order valence-corrected chi connectivity index (χ4v) is 4.31. The van der Waals surface area contributed by atoms with Crippen LogP contribution < -0.4 is 4.31 Å². The molecule has 0 amide bonds. The van der Waals surface area contributed by atoms with Gasteiger partial charge in [0.1, 0.15) is 6.54 Å². The summed E-state index contributed by atoms with van der Waals surface area (Å²) in [4.78, 5) is 13.9. The first-order valence-corrected chi connectivity index (χ1v) is 10.7. The van der Waals surface area contributed by atoms with Crippen LogP contribution >= 0.6 is 0 Å². The Morgan fingerprint density at radius 3 is 2.68 bits per heavy atom. The van der Waals surface area contributed by atoms with E-state index in [-0.39, 0.29) is 12.3 Å². The van der Waals surface area contributed by atoms with Crippen molar-refractivity contribution in [3.63, 3.8) is 0 Å². The normalized spacial score (nSPS) is 14.0. The highest BCUT2D eigenvalue weighted by Crippen LogP contribution is 2.30. The SMILES string of the molecule is CS(=O)(=O)N1CCCc2cc(C(=O)Cn3nnc(-c4ccccc4)n3)ccc21. The first kappa shape index (κ1) is 18.3. The number of carbonyl (C=O) groups is 1. The molecule has 0 unspecified atom stereocenters. The highest BCUT2D eigenvalue weighted by molar-refractivity contribution is 7.92. The Morgan fingerprint density at radius 1 is 1.14 bits per heavy atom. The Labute approximate surface area is 162 Å². The van der Waals surface area contributed by atoms with Crippen molar-refractivity contribution in [3.8, 4) is 11.4 Å². The van der Waals surface area contributed by atoms with Crippen LogP contribution in [0.1, 0.15) is 22.3 Å². The average Bonchev–Trinajstić information content (AvgIpc) is 3.15. The summed E-state index contributed by atoms with van der Waals surface area (Å²) in [7, 11) is -3.33. The monoisotopic (exact) mass is 397 g/mol. The number of hydrogen-bond donors (Lipinski definition) is 0. The molecule has 0 bridgehead atoms. The number of hydrogen-bond acceptors (Lipinski definition) is 6. The molecule has 8 nitrogen and oxygen atoms in total. The Kier molecular flexibility index (Phi) is 4.68. The van der Waals surface area contributed by atoms with Crippen LogP contribution in [0.2, 0.25) is 0 Å². The van der Waals surface area contributed by atoms with Crippen LogP contribution in [-0.4, -0.2) is 47.2 Å². The predicted molar refractivity (Wildman–Crippen MR) is 105 cm³/mol. The van der Waals surface area contributed by atoms with Crippen molar-refractivity contribution in [2.24, 2.45) is 0 Å². The summed E-state index contributed by atoms with van der Waals surface area (Å²) < 4.78 is 25.3. The van der Waals surface area contributed by atoms with E-state index in [4.69, 9.17) is 0 Å². The second-order valence-electron chi connectivity index (χ2n) is 6.71. The molecule has 0 fully saturated rings. The lowest BCUT2D eigenvalue weighted by molar-refractivity contribution is 0.0961. The molecule has 1 aromatic heterocycles. The topological polar surface area (TPSA) is 98.1 Å². The van der Waals surface area contributed by atoms with E-state index in [0.29, 0.717) is 23.6 Å². The Hall–Kier alpha value is -3.07. The lowest BCUT2D eigenvalue weighted by Gasteiger charge is -2.29. The van der Waals surface area contributed by atoms with E-state index in [0.717, 1.165) is 24.0 Å². The Bertz CT molecular complexity index is 1130. The maximum absolute atomic E-state index is 12.7. The summed E-state index contributed by atoms with van der Waals surface area (Å²) in [6.07, 6.45) is 2.66. The first-order chi connectivity index (χ1) is 13.4. The van der Waals surface area contributed by atoms with Crippen molar-refractivity contribution < 1.29 is 13.2 Å². The largest absolute Gasteiger partial charge is 0.292 e. The molecule has 0 saturated carbocycles. The third kappa shape index (κ3) is 3.65. The van der Waals surface area contributed by atoms with Crippen molar-refractivity contribution in [3.05, 3.63) is 59.7 Å². The Morgan fingerprint density at radius 2 is 1.93 bits per heavy atom. The standard InChI is InChI=1S/C19H19N5O3S/c1-28(26,27)23-11-5-8-15-12-16(9-10-17(15)23)18(25)13-24-21-19(20-22-24)14-6-3-2-4-7-14/h2-4,6-7,9-10,12H,5,8,11,13H2,1H3. The Balaban J connectivity index is 1.54. The molecule has 2 heterocycles. The number of fused-ring (bicyclic) bond motifs is 1. The lowest BCUT2D eigenvalue weighted by atomic mass is 9.99. The average molecular weight is 397 g/mol. The van der Waals surface area contributed by atoms with Gasteiger partial charge in [-0.3, -0.25) is 9.10 Å². The highest BCUT2D eigenvalue weighted by Gasteiger charge is 2.24. The molecule has 2 aromatic carbocycles. The number of carbonyl (C=O) groups excluding carboxylic acids is 1. The van der Waals surface area contributed by atoms with E-state index in [1.807, 2.05) is 30.3 Å². The van der Waals surface area contributed by atoms with Crippen molar-refractivity contribution >= 4 is 21.5 Å². The molecule has 0 atom stereocenters. The zero-order valence-corrected chi connectivity index (χ0v) is 16.1. The third-order valence-electron chi connectivity index (χ3n) is 4.65. The summed E-state index contributed by atoms with van der Waals surface area (Å²) >= 11 is 0. The van der Waals surface area contributed by atoms with Gasteiger partial charge in [-0.05, 0) is 41.8 Å². The molecule has 144 valence electrons. The molecule has 0 radical (unpaired) electrons. The van der Waals surface area contributed by atoms with Gasteiger partial charge in [0, 0.05) is 17.7 Å². The van der Waals surface area contributed by atoms with Gasteiger partial charge in [-0.2, -0.15) is 4.80 Å². The molecule has 28 heavy (non-hydrogen) atoms. The number of aromatic nitrogens is 4. The molecule has 0 spiro atoms. The number of Topliss-reactive ketones (excluding diaryl/α,β-unsaturated/α-hetero) is 1. The lowest BCUT2D eigenvalue weighted by Crippen LogP contribution is -2.34. The van der Waals surface area contributed by atoms with Gasteiger partial charge in [0.15, 0.2) is 5.78 Å². The van der Waals surface area contributed by atoms with Gasteiger partial charge < -0.3 is 0 Å². The van der Waals surface area contributed by atoms with E-state index >= 15 is 0 Å². The number of nitrogens with zero attached hydrogens (tertiary/aromatic N) is 5. The maximum atomic E-state index is 12.7. The number of benzene rings is 2. The van der Waals surface area contributed by atoms with E-state index < -0.39 is 10.0 Å². The van der Waals surface area contributed by atoms with Gasteiger partial charge in [-0.1, -0.05) is 30.3 Å². The molecule has 0 N–H and O–H groups in total. The van der Waals surface area contributed by atoms with Gasteiger partial charge in [-0.25, -0.2) is 8.42 Å². The van der Waals surface area contributed by atoms with Crippen molar-refractivity contribution in [2.45, 2.75) is 19.4 Å². The number of rotatable bonds is 5. The third-order valence-corrected chi connectivity index (χ3v) is 5.83. The molecular formula is C19H19N5O3S. The van der Waals surface area contributed by atoms with Crippen LogP contribution in [0.3, 0.4) is 0 Å². The summed E-state index contributed by atoms with van der Waals surface area (Å²) in [5.41, 5.74) is 2.85. The molecule has 4 rings (SSSR count). The fourth-order valence-electron chi connectivity index (χ4n) is 3.31. The minimum Gasteiger partial charge on any atom is -0.292 e. The maximum Gasteiger partial charge on any atom is 0.232 e. The molecule has 0 aliphatic carbocycles. The van der Waals surface area contributed by atoms with Gasteiger partial charge in [0.05, 0.1) is 11.9 Å². The van der Waals surface area contributed by atoms with E-state index in [1.54, 1.807) is 18.2 Å². The molecule has 0 saturated heterocycles. The van der Waals surface area contributed by atoms with Crippen LogP contribution in [0.5, 0.6) is 0 Å². The predicted octanol–water partition coefficient (Wildman–Crippen LogP) is 1.94.